The van der Waals surface area contributed by atoms with Gasteiger partial charge in [0.25, 0.3) is 5.78 Å². The van der Waals surface area contributed by atoms with Crippen LogP contribution in [0.5, 0.6) is 5.75 Å². The summed E-state index contributed by atoms with van der Waals surface area (Å²) in [4.78, 5) is 36.2. The largest absolute Gasteiger partial charge is 0.507 e. The van der Waals surface area contributed by atoms with Crippen molar-refractivity contribution >= 4 is 67.3 Å². The summed E-state index contributed by atoms with van der Waals surface area (Å²) in [5.41, 5.74) is 0.743. The van der Waals surface area contributed by atoms with E-state index in [0.29, 0.717) is 21.5 Å². The number of methoxy groups -OCH3 is 1. The van der Waals surface area contributed by atoms with Gasteiger partial charge in [0, 0.05) is 18.0 Å². The van der Waals surface area contributed by atoms with Crippen molar-refractivity contribution in [3.63, 3.8) is 0 Å². The molecule has 3 heterocycles. The second-order valence-corrected chi connectivity index (χ2v) is 9.36. The molecule has 1 aliphatic rings. The van der Waals surface area contributed by atoms with E-state index in [1.165, 1.54) is 43.8 Å². The van der Waals surface area contributed by atoms with Gasteiger partial charge in [-0.2, -0.15) is 0 Å². The summed E-state index contributed by atoms with van der Waals surface area (Å²) in [5.74, 6) is -2.55. The van der Waals surface area contributed by atoms with E-state index in [0.717, 1.165) is 16.2 Å². The van der Waals surface area contributed by atoms with E-state index in [-0.39, 0.29) is 26.3 Å². The Balaban J connectivity index is 1.74. The summed E-state index contributed by atoms with van der Waals surface area (Å²) in [5, 5.41) is 11.4. The average Bonchev–Trinajstić information content (AvgIpc) is 3.37. The number of carbonyl (C=O) groups excluding carboxylic acids is 2. The lowest BCUT2D eigenvalue weighted by molar-refractivity contribution is -0.132. The van der Waals surface area contributed by atoms with Crippen LogP contribution in [0.3, 0.4) is 0 Å². The molecule has 1 amide bonds. The molecular formula is C24H14Cl2FN3O4S. The average molecular weight is 530 g/mol. The quantitative estimate of drug-likeness (QED) is 0.205. The molecule has 0 spiro atoms. The lowest BCUT2D eigenvalue weighted by Gasteiger charge is -2.22. The van der Waals surface area contributed by atoms with Crippen LogP contribution in [0.25, 0.3) is 16.0 Å². The molecule has 2 aromatic heterocycles. The maximum atomic E-state index is 14.0. The third-order valence-electron chi connectivity index (χ3n) is 5.50. The van der Waals surface area contributed by atoms with Crippen LogP contribution in [0.4, 0.5) is 9.52 Å². The van der Waals surface area contributed by atoms with Crippen molar-refractivity contribution in [2.75, 3.05) is 12.0 Å². The number of ketones is 1. The smallest absolute Gasteiger partial charge is 0.301 e. The summed E-state index contributed by atoms with van der Waals surface area (Å²) < 4.78 is 19.7. The molecule has 5 rings (SSSR count). The highest BCUT2D eigenvalue weighted by molar-refractivity contribution is 7.22. The maximum absolute atomic E-state index is 14.0. The zero-order valence-electron chi connectivity index (χ0n) is 17.8. The number of ether oxygens (including phenoxy) is 1. The summed E-state index contributed by atoms with van der Waals surface area (Å²) in [6.45, 7) is 0. The fourth-order valence-corrected chi connectivity index (χ4v) is 5.22. The van der Waals surface area contributed by atoms with Gasteiger partial charge in [0.05, 0.1) is 39.0 Å². The molecule has 0 bridgehead atoms. The minimum Gasteiger partial charge on any atom is -0.507 e. The van der Waals surface area contributed by atoms with Crippen LogP contribution >= 0.6 is 34.5 Å². The highest BCUT2D eigenvalue weighted by atomic mass is 35.5. The topological polar surface area (TPSA) is 92.6 Å². The molecule has 1 unspecified atom stereocenters. The molecule has 0 radical (unpaired) electrons. The monoisotopic (exact) mass is 529 g/mol. The number of Topliss-reactive ketones (excluding diaryl/α,β-unsaturated/α-hetero) is 1. The summed E-state index contributed by atoms with van der Waals surface area (Å²) in [7, 11) is 1.45. The Morgan fingerprint density at radius 1 is 1.17 bits per heavy atom. The number of halogens is 3. The van der Waals surface area contributed by atoms with E-state index in [1.807, 2.05) is 0 Å². The Labute approximate surface area is 212 Å². The number of aromatic nitrogens is 2. The molecule has 1 fully saturated rings. The van der Waals surface area contributed by atoms with Gasteiger partial charge in [-0.05, 0) is 42.0 Å². The number of thiazole rings is 1. The summed E-state index contributed by atoms with van der Waals surface area (Å²) in [6.07, 6.45) is 3.02. The van der Waals surface area contributed by atoms with Crippen molar-refractivity contribution in [2.45, 2.75) is 6.04 Å². The van der Waals surface area contributed by atoms with Crippen LogP contribution in [0, 0.1) is 5.82 Å². The number of carbonyl (C=O) groups is 2. The van der Waals surface area contributed by atoms with Crippen LogP contribution in [0.15, 0.2) is 60.4 Å². The summed E-state index contributed by atoms with van der Waals surface area (Å²) in [6, 6.07) is 9.38. The van der Waals surface area contributed by atoms with Crippen molar-refractivity contribution in [3.8, 4) is 5.75 Å². The molecule has 1 N–H and O–H groups in total. The van der Waals surface area contributed by atoms with Crippen molar-refractivity contribution < 1.29 is 23.8 Å². The standard InChI is InChI=1S/C24H14Cl2FN3O4S/c1-34-12-4-5-14(25)13(7-12)21(31)19-20(11-3-2-6-28-10-11)30(23(33)22(19)32)24-29-17-8-15(26)16(27)9-18(17)35-24/h2-10,20,31H,1H3/b21-19+. The van der Waals surface area contributed by atoms with Gasteiger partial charge in [-0.3, -0.25) is 19.5 Å². The maximum Gasteiger partial charge on any atom is 0.301 e. The van der Waals surface area contributed by atoms with Crippen molar-refractivity contribution in [3.05, 3.63) is 87.4 Å². The fourth-order valence-electron chi connectivity index (χ4n) is 3.86. The third-order valence-corrected chi connectivity index (χ3v) is 7.14. The number of benzene rings is 2. The first-order valence-corrected chi connectivity index (χ1v) is 11.7. The van der Waals surface area contributed by atoms with E-state index >= 15 is 0 Å². The Bertz CT molecular complexity index is 1500. The number of aliphatic hydroxyl groups is 1. The van der Waals surface area contributed by atoms with Crippen LogP contribution in [-0.2, 0) is 9.59 Å². The molecule has 0 saturated carbocycles. The molecule has 35 heavy (non-hydrogen) atoms. The molecule has 4 aromatic rings. The Morgan fingerprint density at radius 3 is 2.69 bits per heavy atom. The Kier molecular flexibility index (Phi) is 5.92. The van der Waals surface area contributed by atoms with Gasteiger partial charge in [-0.25, -0.2) is 9.37 Å². The van der Waals surface area contributed by atoms with Crippen LogP contribution < -0.4 is 9.64 Å². The molecule has 1 saturated heterocycles. The second kappa shape index (κ2) is 8.92. The van der Waals surface area contributed by atoms with Gasteiger partial charge in [0.1, 0.15) is 17.3 Å². The Morgan fingerprint density at radius 2 is 1.97 bits per heavy atom. The molecule has 11 heteroatoms. The number of hydrogen-bond acceptors (Lipinski definition) is 7. The van der Waals surface area contributed by atoms with Gasteiger partial charge in [-0.15, -0.1) is 0 Å². The number of amides is 1. The molecule has 1 atom stereocenters. The number of fused-ring (bicyclic) bond motifs is 1. The lowest BCUT2D eigenvalue weighted by Crippen LogP contribution is -2.29. The fraction of sp³-hybridized carbons (Fsp3) is 0.0833. The Hall–Kier alpha value is -3.53. The number of nitrogens with zero attached hydrogens (tertiary/aromatic N) is 3. The summed E-state index contributed by atoms with van der Waals surface area (Å²) >= 11 is 13.2. The molecule has 0 aliphatic carbocycles. The molecule has 1 aliphatic heterocycles. The van der Waals surface area contributed by atoms with E-state index in [1.54, 1.807) is 18.2 Å². The van der Waals surface area contributed by atoms with E-state index in [9.17, 15) is 19.1 Å². The van der Waals surface area contributed by atoms with E-state index in [2.05, 4.69) is 9.97 Å². The zero-order valence-corrected chi connectivity index (χ0v) is 20.2. The highest BCUT2D eigenvalue weighted by Crippen LogP contribution is 2.45. The highest BCUT2D eigenvalue weighted by Gasteiger charge is 2.48. The van der Waals surface area contributed by atoms with Gasteiger partial charge >= 0.3 is 5.91 Å². The van der Waals surface area contributed by atoms with Gasteiger partial charge < -0.3 is 9.84 Å². The molecule has 2 aromatic carbocycles. The lowest BCUT2D eigenvalue weighted by atomic mass is 9.96. The minimum absolute atomic E-state index is 0.118. The number of aliphatic hydroxyl groups excluding tert-OH is 1. The third kappa shape index (κ3) is 3.91. The predicted molar refractivity (Wildman–Crippen MR) is 132 cm³/mol. The first kappa shape index (κ1) is 23.2. The molecule has 176 valence electrons. The zero-order chi connectivity index (χ0) is 24.9. The minimum atomic E-state index is -1.06. The number of hydrogen-bond donors (Lipinski definition) is 1. The van der Waals surface area contributed by atoms with Gasteiger partial charge in [0.2, 0.25) is 0 Å². The second-order valence-electron chi connectivity index (χ2n) is 7.53. The van der Waals surface area contributed by atoms with Gasteiger partial charge in [-0.1, -0.05) is 40.6 Å². The number of anilines is 1. The number of rotatable bonds is 4. The van der Waals surface area contributed by atoms with Crippen molar-refractivity contribution in [1.29, 1.82) is 0 Å². The van der Waals surface area contributed by atoms with Crippen molar-refractivity contribution in [2.24, 2.45) is 0 Å². The molecule has 7 nitrogen and oxygen atoms in total. The first-order valence-electron chi connectivity index (χ1n) is 10.1. The van der Waals surface area contributed by atoms with Crippen LogP contribution in [0.2, 0.25) is 10.0 Å². The van der Waals surface area contributed by atoms with E-state index in [4.69, 9.17) is 27.9 Å². The van der Waals surface area contributed by atoms with Crippen LogP contribution in [0.1, 0.15) is 17.2 Å². The normalized spacial score (nSPS) is 17.4. The first-order chi connectivity index (χ1) is 16.8. The van der Waals surface area contributed by atoms with Crippen molar-refractivity contribution in [1.82, 2.24) is 9.97 Å². The predicted octanol–water partition coefficient (Wildman–Crippen LogP) is 5.77. The molecular weight excluding hydrogens is 516 g/mol. The number of pyridine rings is 1. The van der Waals surface area contributed by atoms with Crippen LogP contribution in [-0.4, -0.2) is 33.9 Å². The van der Waals surface area contributed by atoms with Gasteiger partial charge in [0.15, 0.2) is 5.13 Å². The SMILES string of the molecule is COc1ccc(Cl)c(/C(O)=C2\C(=O)C(=O)N(c3nc4cc(Cl)c(F)cc4s3)C2c2cccnc2)c1. The van der Waals surface area contributed by atoms with E-state index < -0.39 is 29.3 Å².